The second kappa shape index (κ2) is 17.0. The highest BCUT2D eigenvalue weighted by atomic mass is 19.1. The highest BCUT2D eigenvalue weighted by Crippen LogP contribution is 2.35. The number of rotatable bonds is 11. The molecule has 4 fully saturated rings. The van der Waals surface area contributed by atoms with Crippen molar-refractivity contribution in [3.63, 3.8) is 0 Å². The maximum Gasteiger partial charge on any atom is 0.336 e. The van der Waals surface area contributed by atoms with E-state index in [1.807, 2.05) is 36.4 Å². The first-order valence-electron chi connectivity index (χ1n) is 22.1. The van der Waals surface area contributed by atoms with Gasteiger partial charge in [0.15, 0.2) is 0 Å². The van der Waals surface area contributed by atoms with Gasteiger partial charge in [-0.1, -0.05) is 24.3 Å². The Balaban J connectivity index is 0.843. The minimum atomic E-state index is -0.516. The van der Waals surface area contributed by atoms with Crippen LogP contribution in [-0.4, -0.2) is 69.7 Å². The molecule has 62 heavy (non-hydrogen) atoms. The van der Waals surface area contributed by atoms with Crippen LogP contribution in [0.3, 0.4) is 0 Å². The van der Waals surface area contributed by atoms with Crippen LogP contribution in [0.15, 0.2) is 81.1 Å². The van der Waals surface area contributed by atoms with Gasteiger partial charge in [0.25, 0.3) is 11.1 Å². The molecule has 1 aliphatic carbocycles. The van der Waals surface area contributed by atoms with Crippen molar-refractivity contribution in [3.8, 4) is 5.69 Å². The number of carbonyl (C=O) groups excluding carboxylic acids is 2. The molecule has 5 heterocycles. The van der Waals surface area contributed by atoms with E-state index < -0.39 is 22.6 Å². The van der Waals surface area contributed by atoms with Gasteiger partial charge in [-0.15, -0.1) is 0 Å². The van der Waals surface area contributed by atoms with Gasteiger partial charge < -0.3 is 20.4 Å². The molecule has 13 nitrogen and oxygen atoms in total. The molecule has 1 saturated carbocycles. The second-order valence-corrected chi connectivity index (χ2v) is 17.9. The predicted octanol–water partition coefficient (Wildman–Crippen LogP) is 6.25. The van der Waals surface area contributed by atoms with Gasteiger partial charge in [-0.2, -0.15) is 0 Å². The van der Waals surface area contributed by atoms with Crippen molar-refractivity contribution in [1.29, 1.82) is 0 Å². The van der Waals surface area contributed by atoms with Crippen LogP contribution in [0.4, 0.5) is 27.3 Å². The van der Waals surface area contributed by atoms with Gasteiger partial charge in [-0.05, 0) is 137 Å². The average molecular weight is 843 g/mol. The smallest absolute Gasteiger partial charge is 0.336 e. The number of aromatic nitrogens is 3. The van der Waals surface area contributed by atoms with E-state index in [2.05, 4.69) is 37.9 Å². The molecule has 3 saturated heterocycles. The summed E-state index contributed by atoms with van der Waals surface area (Å²) in [6, 6.07) is 20.3. The lowest BCUT2D eigenvalue weighted by Crippen LogP contribution is -2.42. The van der Waals surface area contributed by atoms with E-state index in [1.54, 1.807) is 33.0 Å². The van der Waals surface area contributed by atoms with E-state index in [-0.39, 0.29) is 51.7 Å². The number of piperidine rings is 3. The molecule has 0 spiro atoms. The molecule has 1 unspecified atom stereocenters. The lowest BCUT2D eigenvalue weighted by atomic mass is 9.90. The van der Waals surface area contributed by atoms with Crippen LogP contribution in [0.2, 0.25) is 0 Å². The van der Waals surface area contributed by atoms with E-state index in [0.717, 1.165) is 81.8 Å². The topological polar surface area (TPSA) is 143 Å². The number of aryl methyl sites for hydroxylation is 2. The fraction of sp³-hybridized carbons (Fsp3) is 0.438. The van der Waals surface area contributed by atoms with Gasteiger partial charge in [0, 0.05) is 62.6 Å². The Labute approximate surface area is 359 Å². The molecule has 0 bridgehead atoms. The largest absolute Gasteiger partial charge is 0.385 e. The Morgan fingerprint density at radius 2 is 1.50 bits per heavy atom. The Hall–Kier alpha value is -6.02. The number of pyridine rings is 1. The van der Waals surface area contributed by atoms with Crippen molar-refractivity contribution in [2.75, 3.05) is 54.8 Å². The van der Waals surface area contributed by atoms with Crippen LogP contribution < -0.4 is 37.7 Å². The van der Waals surface area contributed by atoms with Crippen molar-refractivity contribution in [3.05, 3.63) is 120 Å². The van der Waals surface area contributed by atoms with Gasteiger partial charge in [0.1, 0.15) is 17.0 Å². The number of imide groups is 1. The average Bonchev–Trinajstić information content (AvgIpc) is 4.11. The Morgan fingerprint density at radius 1 is 0.774 bits per heavy atom. The maximum atomic E-state index is 15.2. The lowest BCUT2D eigenvalue weighted by Gasteiger charge is -2.38. The van der Waals surface area contributed by atoms with Gasteiger partial charge in [-0.25, -0.2) is 9.18 Å². The third kappa shape index (κ3) is 8.19. The van der Waals surface area contributed by atoms with Crippen LogP contribution in [0, 0.1) is 31.5 Å². The summed E-state index contributed by atoms with van der Waals surface area (Å²) in [6.45, 7) is 9.42. The minimum absolute atomic E-state index is 0.123. The van der Waals surface area contributed by atoms with E-state index in [4.69, 9.17) is 0 Å². The van der Waals surface area contributed by atoms with Crippen LogP contribution in [-0.2, 0) is 16.6 Å². The van der Waals surface area contributed by atoms with Crippen LogP contribution >= 0.6 is 0 Å². The summed E-state index contributed by atoms with van der Waals surface area (Å²) in [5.41, 5.74) is 3.45. The fourth-order valence-corrected chi connectivity index (χ4v) is 9.76. The van der Waals surface area contributed by atoms with Crippen molar-refractivity contribution in [2.24, 2.45) is 18.9 Å². The summed E-state index contributed by atoms with van der Waals surface area (Å²) < 4.78 is 19.3. The van der Waals surface area contributed by atoms with Crippen LogP contribution in [0.5, 0.6) is 0 Å². The fourth-order valence-electron chi connectivity index (χ4n) is 9.76. The van der Waals surface area contributed by atoms with Gasteiger partial charge >= 0.3 is 5.69 Å². The van der Waals surface area contributed by atoms with E-state index >= 15 is 4.39 Å². The van der Waals surface area contributed by atoms with E-state index in [0.29, 0.717) is 43.2 Å². The molecule has 2 amide bonds. The zero-order valence-corrected chi connectivity index (χ0v) is 35.7. The first-order valence-corrected chi connectivity index (χ1v) is 22.1. The van der Waals surface area contributed by atoms with E-state index in [1.165, 1.54) is 25.5 Å². The predicted molar refractivity (Wildman–Crippen MR) is 241 cm³/mol. The molecule has 3 N–H and O–H groups in total. The number of nitrogens with zero attached hydrogens (tertiary/aromatic N) is 5. The normalized spacial score (nSPS) is 19.2. The molecule has 9 rings (SSSR count). The van der Waals surface area contributed by atoms with Gasteiger partial charge in [0.05, 0.1) is 22.8 Å². The monoisotopic (exact) mass is 842 g/mol. The quantitative estimate of drug-likeness (QED) is 0.132. The lowest BCUT2D eigenvalue weighted by molar-refractivity contribution is -0.134. The Bertz CT molecular complexity index is 2720. The third-order valence-electron chi connectivity index (χ3n) is 13.6. The number of carbonyl (C=O) groups is 2. The summed E-state index contributed by atoms with van der Waals surface area (Å²) in [6.07, 6.45) is 6.79. The SMILES string of the molecule is Cc1ccc(Nc2c3c(=O)n(C4CC4)c(=O)n(-c4cccc(NCC5CCN(CC6CCN(c7ccc(C8CCC(=O)NC8=O)cc7)CC6)CC5)c4)c3c(C)c(=O)n2C)c(F)c1. The van der Waals surface area contributed by atoms with Gasteiger partial charge in [-0.3, -0.25) is 38.2 Å². The number of anilines is 4. The number of benzene rings is 3. The van der Waals surface area contributed by atoms with E-state index in [9.17, 15) is 24.0 Å². The summed E-state index contributed by atoms with van der Waals surface area (Å²) >= 11 is 0. The molecule has 14 heteroatoms. The summed E-state index contributed by atoms with van der Waals surface area (Å²) in [7, 11) is 1.55. The van der Waals surface area contributed by atoms with Crippen molar-refractivity contribution in [2.45, 2.75) is 77.2 Å². The van der Waals surface area contributed by atoms with Crippen molar-refractivity contribution < 1.29 is 14.0 Å². The highest BCUT2D eigenvalue weighted by Gasteiger charge is 2.33. The minimum Gasteiger partial charge on any atom is -0.385 e. The number of hydrogen-bond donors (Lipinski definition) is 3. The molecular weight excluding hydrogens is 788 g/mol. The van der Waals surface area contributed by atoms with Crippen LogP contribution in [0.25, 0.3) is 16.6 Å². The van der Waals surface area contributed by atoms with Crippen LogP contribution in [0.1, 0.15) is 80.0 Å². The number of hydrogen-bond acceptors (Lipinski definition) is 9. The molecule has 5 aromatic rings. The molecule has 4 aliphatic rings. The third-order valence-corrected chi connectivity index (χ3v) is 13.6. The highest BCUT2D eigenvalue weighted by molar-refractivity contribution is 6.01. The zero-order chi connectivity index (χ0) is 43.2. The van der Waals surface area contributed by atoms with Gasteiger partial charge in [0.2, 0.25) is 11.8 Å². The molecule has 0 radical (unpaired) electrons. The molecular formula is C48H55FN8O5. The standard InChI is InChI=1S/C48H55FN8O5/c1-29-7-15-40(39(49)25-29)51-44-42-43(30(2)46(60)53(44)3)56(48(62)57(47(42)61)36-12-13-36)37-6-4-5-34(26-37)50-27-31-17-21-54(22-18-31)28-32-19-23-55(24-20-32)35-10-8-33(9-11-35)38-14-16-41(58)52-45(38)59/h4-11,15,25-26,31-32,36,38,50-51H,12-14,16-24,27-28H2,1-3H3,(H,52,58,59). The summed E-state index contributed by atoms with van der Waals surface area (Å²) in [4.78, 5) is 71.3. The summed E-state index contributed by atoms with van der Waals surface area (Å²) in [5, 5.41) is 9.29. The van der Waals surface area contributed by atoms with Crippen molar-refractivity contribution >= 4 is 45.6 Å². The first kappa shape index (κ1) is 41.3. The first-order chi connectivity index (χ1) is 29.9. The number of likely N-dealkylation sites (tertiary alicyclic amines) is 1. The molecule has 3 aliphatic heterocycles. The summed E-state index contributed by atoms with van der Waals surface area (Å²) in [5.74, 6) is 0.104. The number of halogens is 1. The Kier molecular flexibility index (Phi) is 11.4. The number of nitrogens with one attached hydrogen (secondary N) is 3. The zero-order valence-electron chi connectivity index (χ0n) is 35.7. The van der Waals surface area contributed by atoms with Crippen molar-refractivity contribution in [1.82, 2.24) is 23.9 Å². The molecule has 2 aromatic heterocycles. The number of fused-ring (bicyclic) bond motifs is 1. The molecule has 1 atom stereocenters. The second-order valence-electron chi connectivity index (χ2n) is 17.9. The molecule has 324 valence electrons. The maximum absolute atomic E-state index is 15.2. The Morgan fingerprint density at radius 3 is 2.19 bits per heavy atom. The number of amides is 2. The molecule has 3 aromatic carbocycles.